The van der Waals surface area contributed by atoms with Gasteiger partial charge in [-0.2, -0.15) is 0 Å². The summed E-state index contributed by atoms with van der Waals surface area (Å²) in [7, 11) is 0. The fraction of sp³-hybridized carbons (Fsp3) is 0.517. The summed E-state index contributed by atoms with van der Waals surface area (Å²) in [5.74, 6) is 0.555. The van der Waals surface area contributed by atoms with E-state index in [4.69, 9.17) is 9.73 Å². The number of nitrogens with one attached hydrogen (secondary N) is 1. The van der Waals surface area contributed by atoms with E-state index in [1.165, 1.54) is 17.4 Å². The van der Waals surface area contributed by atoms with Gasteiger partial charge < -0.3 is 19.9 Å². The molecule has 3 aliphatic heterocycles. The van der Waals surface area contributed by atoms with Gasteiger partial charge in [0.2, 0.25) is 0 Å². The Balaban J connectivity index is 1.21. The molecule has 5 fully saturated rings. The lowest BCUT2D eigenvalue weighted by Crippen LogP contribution is -2.68. The molecule has 1 aromatic heterocycles. The summed E-state index contributed by atoms with van der Waals surface area (Å²) >= 11 is 1.45. The van der Waals surface area contributed by atoms with Gasteiger partial charge >= 0.3 is 12.0 Å². The van der Waals surface area contributed by atoms with Crippen molar-refractivity contribution in [3.63, 3.8) is 0 Å². The maximum absolute atomic E-state index is 14.7. The van der Waals surface area contributed by atoms with Crippen molar-refractivity contribution in [2.75, 3.05) is 39.3 Å². The molecule has 40 heavy (non-hydrogen) atoms. The second-order valence-corrected chi connectivity index (χ2v) is 12.5. The topological polar surface area (TPSA) is 90.4 Å². The van der Waals surface area contributed by atoms with Gasteiger partial charge in [-0.25, -0.2) is 19.0 Å². The molecule has 11 heteroatoms. The Kier molecular flexibility index (Phi) is 6.19. The number of benzene rings is 1. The number of halogens is 1. The average Bonchev–Trinajstić information content (AvgIpc) is 3.53. The molecule has 8 rings (SSSR count). The smallest absolute Gasteiger partial charge is 0.338 e. The Hall–Kier alpha value is -3.31. The quantitative estimate of drug-likeness (QED) is 0.518. The zero-order chi connectivity index (χ0) is 27.6. The highest BCUT2D eigenvalue weighted by Gasteiger charge is 2.63. The van der Waals surface area contributed by atoms with Crippen molar-refractivity contribution in [1.29, 1.82) is 0 Å². The Morgan fingerprint density at radius 2 is 2.08 bits per heavy atom. The predicted molar refractivity (Wildman–Crippen MR) is 148 cm³/mol. The van der Waals surface area contributed by atoms with Crippen LogP contribution in [0.4, 0.5) is 9.18 Å². The zero-order valence-electron chi connectivity index (χ0n) is 22.7. The molecule has 2 bridgehead atoms. The van der Waals surface area contributed by atoms with E-state index in [9.17, 15) is 14.0 Å². The van der Waals surface area contributed by atoms with Crippen molar-refractivity contribution >= 4 is 29.2 Å². The normalized spacial score (nSPS) is 29.4. The van der Waals surface area contributed by atoms with Gasteiger partial charge in [-0.1, -0.05) is 12.1 Å². The monoisotopic (exact) mass is 564 g/mol. The number of urea groups is 1. The molecule has 0 spiro atoms. The lowest BCUT2D eigenvalue weighted by molar-refractivity contribution is -0.139. The van der Waals surface area contributed by atoms with Crippen LogP contribution in [0, 0.1) is 18.7 Å². The third kappa shape index (κ3) is 4.04. The van der Waals surface area contributed by atoms with Crippen molar-refractivity contribution in [3.05, 3.63) is 63.0 Å². The van der Waals surface area contributed by atoms with Crippen LogP contribution < -0.4 is 5.32 Å². The highest BCUT2D eigenvalue weighted by Crippen LogP contribution is 2.61. The lowest BCUT2D eigenvalue weighted by atomic mass is 9.49. The van der Waals surface area contributed by atoms with Gasteiger partial charge in [-0.05, 0) is 56.2 Å². The van der Waals surface area contributed by atoms with Crippen LogP contribution in [0.5, 0.6) is 0 Å². The van der Waals surface area contributed by atoms with Gasteiger partial charge in [-0.15, -0.1) is 11.3 Å². The van der Waals surface area contributed by atoms with Crippen LogP contribution >= 0.6 is 11.3 Å². The molecule has 0 unspecified atom stereocenters. The summed E-state index contributed by atoms with van der Waals surface area (Å²) in [5, 5.41) is 5.97. The number of amidine groups is 1. The van der Waals surface area contributed by atoms with Crippen molar-refractivity contribution in [2.45, 2.75) is 50.7 Å². The Labute approximate surface area is 236 Å². The first-order valence-corrected chi connectivity index (χ1v) is 15.0. The van der Waals surface area contributed by atoms with Gasteiger partial charge in [0.25, 0.3) is 0 Å². The van der Waals surface area contributed by atoms with Crippen molar-refractivity contribution in [1.82, 2.24) is 25.0 Å². The molecule has 1 aromatic carbocycles. The standard InChI is InChI=1S/C29H33FN6O3S/c1-3-39-27(37)23-22(16-34-8-9-35-19(14-34)15-36(28(35)38)29-11-18(12-29)13-29)32-25(26-31-7-10-40-26)33-24(23)20-5-4-6-21(30)17(20)2/h4-7,10,18-19,24H,3,8-9,11-16H2,1-2H3,(H,32,33)/t18?,19-,24-,29?/m0/s1. The summed E-state index contributed by atoms with van der Waals surface area (Å²) in [5.41, 5.74) is 2.25. The van der Waals surface area contributed by atoms with E-state index in [2.05, 4.69) is 20.1 Å². The molecule has 0 radical (unpaired) electrons. The fourth-order valence-electron chi connectivity index (χ4n) is 7.06. The number of nitrogens with zero attached hydrogens (tertiary/aromatic N) is 5. The summed E-state index contributed by atoms with van der Waals surface area (Å²) in [4.78, 5) is 42.5. The zero-order valence-corrected chi connectivity index (χ0v) is 23.5. The third-order valence-corrected chi connectivity index (χ3v) is 10.0. The van der Waals surface area contributed by atoms with Crippen LogP contribution in [-0.4, -0.2) is 88.4 Å². The second-order valence-electron chi connectivity index (χ2n) is 11.6. The minimum Gasteiger partial charge on any atom is -0.463 e. The second kappa shape index (κ2) is 9.66. The van der Waals surface area contributed by atoms with E-state index in [1.807, 2.05) is 16.3 Å². The number of hydrogen-bond donors (Lipinski definition) is 1. The molecule has 210 valence electrons. The summed E-state index contributed by atoms with van der Waals surface area (Å²) in [6, 6.07) is 4.45. The highest BCUT2D eigenvalue weighted by molar-refractivity contribution is 7.11. The SMILES string of the molecule is CCOC(=O)C1=C(CN2CCN3C(=O)N(C45CC(C4)C5)C[C@@H]3C2)NC(c2nccs2)=N[C@H]1c1cccc(F)c1C. The van der Waals surface area contributed by atoms with Crippen LogP contribution in [0.15, 0.2) is 46.0 Å². The summed E-state index contributed by atoms with van der Waals surface area (Å²) in [6.45, 7) is 6.98. The van der Waals surface area contributed by atoms with E-state index < -0.39 is 12.0 Å². The Bertz CT molecular complexity index is 1410. The van der Waals surface area contributed by atoms with Crippen molar-refractivity contribution in [3.8, 4) is 0 Å². The number of carbonyl (C=O) groups is 2. The molecule has 2 aromatic rings. The molecule has 6 aliphatic rings. The number of rotatable bonds is 7. The van der Waals surface area contributed by atoms with Gasteiger partial charge in [0, 0.05) is 55.5 Å². The van der Waals surface area contributed by atoms with Gasteiger partial charge in [-0.3, -0.25) is 9.89 Å². The number of thiazole rings is 1. The molecule has 9 nitrogen and oxygen atoms in total. The first-order chi connectivity index (χ1) is 19.4. The third-order valence-electron chi connectivity index (χ3n) is 9.26. The summed E-state index contributed by atoms with van der Waals surface area (Å²) in [6.07, 6.45) is 5.18. The molecule has 2 saturated heterocycles. The molecular formula is C29H33FN6O3S. The Morgan fingerprint density at radius 1 is 1.25 bits per heavy atom. The number of aromatic nitrogens is 1. The van der Waals surface area contributed by atoms with Crippen LogP contribution in [0.3, 0.4) is 0 Å². The number of carbonyl (C=O) groups excluding carboxylic acids is 2. The lowest BCUT2D eigenvalue weighted by Gasteiger charge is -2.65. The largest absolute Gasteiger partial charge is 0.463 e. The van der Waals surface area contributed by atoms with E-state index in [0.29, 0.717) is 52.9 Å². The fourth-order valence-corrected chi connectivity index (χ4v) is 7.65. The molecule has 3 saturated carbocycles. The molecular weight excluding hydrogens is 531 g/mol. The van der Waals surface area contributed by atoms with Crippen molar-refractivity contribution < 1.29 is 18.7 Å². The minimum absolute atomic E-state index is 0.115. The van der Waals surface area contributed by atoms with Crippen LogP contribution in [-0.2, 0) is 9.53 Å². The minimum atomic E-state index is -0.737. The first kappa shape index (κ1) is 25.6. The van der Waals surface area contributed by atoms with Crippen molar-refractivity contribution in [2.24, 2.45) is 10.9 Å². The highest BCUT2D eigenvalue weighted by atomic mass is 32.1. The Morgan fingerprint density at radius 3 is 2.77 bits per heavy atom. The number of piperazine rings is 1. The maximum Gasteiger partial charge on any atom is 0.338 e. The molecule has 3 aliphatic carbocycles. The molecule has 2 atom stereocenters. The van der Waals surface area contributed by atoms with Gasteiger partial charge in [0.15, 0.2) is 10.8 Å². The number of hydrogen-bond acceptors (Lipinski definition) is 8. The van der Waals surface area contributed by atoms with Crippen LogP contribution in [0.25, 0.3) is 0 Å². The number of ether oxygens (including phenoxy) is 1. The number of fused-ring (bicyclic) bond motifs is 1. The van der Waals surface area contributed by atoms with E-state index in [1.54, 1.807) is 26.1 Å². The van der Waals surface area contributed by atoms with Gasteiger partial charge in [0.1, 0.15) is 11.9 Å². The van der Waals surface area contributed by atoms with E-state index in [0.717, 1.165) is 38.3 Å². The number of aliphatic imine (C=N–C) groups is 1. The van der Waals surface area contributed by atoms with Crippen LogP contribution in [0.1, 0.15) is 48.4 Å². The summed E-state index contributed by atoms with van der Waals surface area (Å²) < 4.78 is 20.2. The van der Waals surface area contributed by atoms with Crippen LogP contribution in [0.2, 0.25) is 0 Å². The molecule has 1 N–H and O–H groups in total. The number of esters is 1. The van der Waals surface area contributed by atoms with E-state index >= 15 is 0 Å². The number of amides is 2. The van der Waals surface area contributed by atoms with Gasteiger partial charge in [0.05, 0.1) is 18.2 Å². The predicted octanol–water partition coefficient (Wildman–Crippen LogP) is 3.47. The average molecular weight is 565 g/mol. The first-order valence-electron chi connectivity index (χ1n) is 14.1. The van der Waals surface area contributed by atoms with E-state index in [-0.39, 0.29) is 30.0 Å². The molecule has 4 heterocycles. The molecule has 2 amide bonds. The maximum atomic E-state index is 14.7.